The van der Waals surface area contributed by atoms with Crippen LogP contribution in [0.3, 0.4) is 0 Å². The number of aromatic amines is 1. The minimum atomic E-state index is -0.638. The van der Waals surface area contributed by atoms with Gasteiger partial charge in [-0.2, -0.15) is 0 Å². The Hall–Kier alpha value is -2.41. The molecule has 0 fully saturated rings. The van der Waals surface area contributed by atoms with E-state index in [0.717, 1.165) is 5.69 Å². The van der Waals surface area contributed by atoms with Crippen LogP contribution >= 0.6 is 0 Å². The Balaban J connectivity index is 2.66. The van der Waals surface area contributed by atoms with Crippen LogP contribution in [0.5, 0.6) is 0 Å². The average molecular weight is 363 g/mol. The first-order valence-electron chi connectivity index (χ1n) is 8.49. The van der Waals surface area contributed by atoms with Crippen LogP contribution in [0.15, 0.2) is 16.4 Å². The maximum Gasteiger partial charge on any atom is 0.360 e. The third-order valence-corrected chi connectivity index (χ3v) is 4.23. The van der Waals surface area contributed by atoms with Crippen molar-refractivity contribution in [1.82, 2.24) is 9.97 Å². The van der Waals surface area contributed by atoms with E-state index in [4.69, 9.17) is 14.9 Å². The Morgan fingerprint density at radius 3 is 2.69 bits per heavy atom. The van der Waals surface area contributed by atoms with Gasteiger partial charge in [0.25, 0.3) is 0 Å². The molecule has 6 nitrogen and oxygen atoms in total. The molecule has 0 aliphatic carbocycles. The fourth-order valence-corrected chi connectivity index (χ4v) is 2.43. The van der Waals surface area contributed by atoms with Gasteiger partial charge in [0, 0.05) is 23.0 Å². The minimum absolute atomic E-state index is 0.0211. The molecular formula is C19H26FN3O3. The van der Waals surface area contributed by atoms with Gasteiger partial charge in [-0.1, -0.05) is 27.7 Å². The van der Waals surface area contributed by atoms with Crippen LogP contribution in [-0.4, -0.2) is 23.0 Å². The molecule has 2 aromatic rings. The highest BCUT2D eigenvalue weighted by molar-refractivity contribution is 5.95. The molecule has 0 bridgehead atoms. The Morgan fingerprint density at radius 2 is 2.15 bits per heavy atom. The number of hydrogen-bond acceptors (Lipinski definition) is 5. The predicted molar refractivity (Wildman–Crippen MR) is 98.1 cm³/mol. The molecule has 0 aliphatic heterocycles. The first kappa shape index (κ1) is 19.9. The smallest absolute Gasteiger partial charge is 0.360 e. The molecule has 1 unspecified atom stereocenters. The summed E-state index contributed by atoms with van der Waals surface area (Å²) in [6.45, 7) is 9.39. The molecule has 0 saturated carbocycles. The van der Waals surface area contributed by atoms with Crippen molar-refractivity contribution in [1.29, 1.82) is 0 Å². The number of allylic oxidation sites excluding steroid dienone is 1. The number of aromatic nitrogens is 2. The van der Waals surface area contributed by atoms with Crippen molar-refractivity contribution in [2.75, 3.05) is 7.11 Å². The summed E-state index contributed by atoms with van der Waals surface area (Å²) in [5, 5.41) is 0. The number of rotatable bonds is 5. The number of nitrogens with two attached hydrogens (primary N) is 1. The Bertz CT molecular complexity index is 828. The van der Waals surface area contributed by atoms with Crippen molar-refractivity contribution in [2.24, 2.45) is 11.1 Å². The Morgan fingerprint density at radius 1 is 1.50 bits per heavy atom. The van der Waals surface area contributed by atoms with Gasteiger partial charge in [0.2, 0.25) is 5.89 Å². The lowest BCUT2D eigenvalue weighted by Gasteiger charge is -2.23. The van der Waals surface area contributed by atoms with Crippen LogP contribution in [0.25, 0.3) is 17.4 Å². The van der Waals surface area contributed by atoms with Crippen LogP contribution < -0.4 is 5.73 Å². The summed E-state index contributed by atoms with van der Waals surface area (Å²) < 4.78 is 24.6. The number of hydrogen-bond donors (Lipinski definition) is 2. The molecular weight excluding hydrogens is 337 g/mol. The summed E-state index contributed by atoms with van der Waals surface area (Å²) in [6, 6.07) is -0.522. The zero-order valence-corrected chi connectivity index (χ0v) is 16.1. The molecule has 0 radical (unpaired) electrons. The van der Waals surface area contributed by atoms with E-state index in [1.165, 1.54) is 13.2 Å². The zero-order valence-electron chi connectivity index (χ0n) is 16.1. The Kier molecular flexibility index (Phi) is 5.71. The van der Waals surface area contributed by atoms with Gasteiger partial charge in [0.05, 0.1) is 13.2 Å². The van der Waals surface area contributed by atoms with Gasteiger partial charge in [0.15, 0.2) is 11.5 Å². The topological polar surface area (TPSA) is 94.1 Å². The second-order valence-electron chi connectivity index (χ2n) is 7.25. The number of nitrogens with one attached hydrogen (secondary N) is 1. The quantitative estimate of drug-likeness (QED) is 0.761. The lowest BCUT2D eigenvalue weighted by Crippen LogP contribution is -2.26. The molecule has 2 rings (SSSR count). The zero-order chi connectivity index (χ0) is 19.6. The van der Waals surface area contributed by atoms with E-state index >= 15 is 0 Å². The largest absolute Gasteiger partial charge is 0.464 e. The number of carbonyl (C=O) groups excluding carboxylic acids is 1. The number of nitrogens with zero attached hydrogens (tertiary/aromatic N) is 1. The van der Waals surface area contributed by atoms with E-state index in [0.29, 0.717) is 11.1 Å². The van der Waals surface area contributed by atoms with Gasteiger partial charge in [-0.25, -0.2) is 14.2 Å². The van der Waals surface area contributed by atoms with Crippen LogP contribution in [0, 0.1) is 12.3 Å². The molecule has 0 aromatic carbocycles. The van der Waals surface area contributed by atoms with Crippen molar-refractivity contribution >= 4 is 12.0 Å². The molecule has 2 heterocycles. The number of carbonyl (C=O) groups is 1. The molecule has 142 valence electrons. The molecule has 7 heteroatoms. The normalized spacial score (nSPS) is 13.8. The lowest BCUT2D eigenvalue weighted by atomic mass is 9.87. The van der Waals surface area contributed by atoms with Crippen molar-refractivity contribution < 1.29 is 18.3 Å². The molecule has 0 amide bonds. The number of halogens is 1. The van der Waals surface area contributed by atoms with Crippen molar-refractivity contribution in [3.05, 3.63) is 34.9 Å². The molecule has 0 aliphatic rings. The maximum absolute atomic E-state index is 13.9. The van der Waals surface area contributed by atoms with Crippen LogP contribution in [0.1, 0.15) is 67.8 Å². The number of H-pyrrole nitrogens is 1. The molecule has 0 spiro atoms. The van der Waals surface area contributed by atoms with Gasteiger partial charge in [0.1, 0.15) is 5.83 Å². The molecule has 26 heavy (non-hydrogen) atoms. The SMILES string of the molecule is CC/C(F)=C\c1c(-c2oc(C(N)C(C)(C)C)nc2C(=O)OC)c[nH]c1C. The molecule has 2 aromatic heterocycles. The van der Waals surface area contributed by atoms with Gasteiger partial charge < -0.3 is 19.9 Å². The summed E-state index contributed by atoms with van der Waals surface area (Å²) in [4.78, 5) is 19.5. The van der Waals surface area contributed by atoms with E-state index < -0.39 is 12.0 Å². The first-order valence-corrected chi connectivity index (χ1v) is 8.49. The summed E-state index contributed by atoms with van der Waals surface area (Å²) in [5.74, 6) is -0.468. The van der Waals surface area contributed by atoms with Crippen molar-refractivity contribution in [3.63, 3.8) is 0 Å². The highest BCUT2D eigenvalue weighted by atomic mass is 19.1. The monoisotopic (exact) mass is 363 g/mol. The van der Waals surface area contributed by atoms with E-state index in [2.05, 4.69) is 9.97 Å². The van der Waals surface area contributed by atoms with Gasteiger partial charge >= 0.3 is 5.97 Å². The fourth-order valence-electron chi connectivity index (χ4n) is 2.43. The van der Waals surface area contributed by atoms with Crippen LogP contribution in [0.4, 0.5) is 4.39 Å². The number of methoxy groups -OCH3 is 1. The third kappa shape index (κ3) is 3.88. The molecule has 1 atom stereocenters. The van der Waals surface area contributed by atoms with Gasteiger partial charge in [-0.05, 0) is 24.8 Å². The van der Waals surface area contributed by atoms with E-state index in [1.54, 1.807) is 13.1 Å². The molecule has 3 N–H and O–H groups in total. The highest BCUT2D eigenvalue weighted by Gasteiger charge is 2.31. The number of esters is 1. The summed E-state index contributed by atoms with van der Waals surface area (Å²) >= 11 is 0. The summed E-state index contributed by atoms with van der Waals surface area (Å²) in [5.41, 5.74) is 7.81. The van der Waals surface area contributed by atoms with E-state index in [-0.39, 0.29) is 35.0 Å². The van der Waals surface area contributed by atoms with Crippen LogP contribution in [0.2, 0.25) is 0 Å². The highest BCUT2D eigenvalue weighted by Crippen LogP contribution is 2.36. The second-order valence-corrected chi connectivity index (χ2v) is 7.25. The minimum Gasteiger partial charge on any atom is -0.464 e. The number of oxazole rings is 1. The van der Waals surface area contributed by atoms with E-state index in [1.807, 2.05) is 27.7 Å². The summed E-state index contributed by atoms with van der Waals surface area (Å²) in [6.07, 6.45) is 3.35. The van der Waals surface area contributed by atoms with Crippen LogP contribution in [-0.2, 0) is 4.74 Å². The fraction of sp³-hybridized carbons (Fsp3) is 0.474. The average Bonchev–Trinajstić information content (AvgIpc) is 3.17. The van der Waals surface area contributed by atoms with Crippen molar-refractivity contribution in [3.8, 4) is 11.3 Å². The van der Waals surface area contributed by atoms with Gasteiger partial charge in [-0.3, -0.25) is 0 Å². The number of ether oxygens (including phenoxy) is 1. The van der Waals surface area contributed by atoms with Crippen molar-refractivity contribution in [2.45, 2.75) is 47.1 Å². The maximum atomic E-state index is 13.9. The van der Waals surface area contributed by atoms with Gasteiger partial charge in [-0.15, -0.1) is 0 Å². The number of aryl methyl sites for hydroxylation is 1. The Labute approximate surface area is 152 Å². The lowest BCUT2D eigenvalue weighted by molar-refractivity contribution is 0.0595. The summed E-state index contributed by atoms with van der Waals surface area (Å²) in [7, 11) is 1.27. The third-order valence-electron chi connectivity index (χ3n) is 4.23. The first-order chi connectivity index (χ1) is 12.1. The predicted octanol–water partition coefficient (Wildman–Crippen LogP) is 4.53. The molecule has 0 saturated heterocycles. The standard InChI is InChI=1S/C19H26FN3O3/c1-7-11(20)8-12-10(2)22-9-13(12)15-14(18(24)25-6)23-17(26-15)16(21)19(3,4)5/h8-9,16,22H,7,21H2,1-6H3/b11-8+. The van der Waals surface area contributed by atoms with E-state index in [9.17, 15) is 9.18 Å². The second kappa shape index (κ2) is 7.45.